The molecule has 0 spiro atoms. The molecule has 2 aromatic heterocycles. The molecule has 0 aliphatic heterocycles. The molecule has 2 fully saturated rings. The molecule has 0 radical (unpaired) electrons. The van der Waals surface area contributed by atoms with Gasteiger partial charge in [0.2, 0.25) is 5.13 Å². The van der Waals surface area contributed by atoms with E-state index in [1.54, 1.807) is 11.3 Å². The maximum Gasteiger partial charge on any atom is 0.267 e. The molecule has 140 valence electrons. The standard InChI is InChI=1S/C18H25N5OS2/c1-9-13(14-7-15(14)20-12-5-3-11(19)4-6-12)8-16(25-9)17(24)21-18-23-22-10(2)26-18/h8,11-12,14-15,20H,3-7,19H2,1-2H3,(H,21,23,24). The van der Waals surface area contributed by atoms with Gasteiger partial charge in [-0.25, -0.2) is 0 Å². The van der Waals surface area contributed by atoms with Gasteiger partial charge in [0.25, 0.3) is 5.91 Å². The van der Waals surface area contributed by atoms with Crippen molar-refractivity contribution in [1.82, 2.24) is 15.5 Å². The Morgan fingerprint density at radius 1 is 1.19 bits per heavy atom. The maximum atomic E-state index is 12.5. The second-order valence-corrected chi connectivity index (χ2v) is 9.87. The summed E-state index contributed by atoms with van der Waals surface area (Å²) in [5, 5.41) is 16.0. The van der Waals surface area contributed by atoms with Crippen LogP contribution in [0.1, 0.15) is 63.1 Å². The molecule has 26 heavy (non-hydrogen) atoms. The third-order valence-electron chi connectivity index (χ3n) is 5.34. The van der Waals surface area contributed by atoms with E-state index in [2.05, 4.69) is 33.8 Å². The van der Waals surface area contributed by atoms with Crippen LogP contribution in [-0.4, -0.2) is 34.2 Å². The molecular weight excluding hydrogens is 366 g/mol. The van der Waals surface area contributed by atoms with Gasteiger partial charge in [0.1, 0.15) is 5.01 Å². The van der Waals surface area contributed by atoms with Crippen molar-refractivity contribution in [1.29, 1.82) is 0 Å². The molecule has 4 rings (SSSR count). The Balaban J connectivity index is 1.36. The van der Waals surface area contributed by atoms with E-state index in [9.17, 15) is 4.79 Å². The number of nitrogens with two attached hydrogens (primary N) is 1. The quantitative estimate of drug-likeness (QED) is 0.728. The SMILES string of the molecule is Cc1nnc(NC(=O)c2cc(C3CC3NC3CCC(N)CC3)c(C)s2)s1. The smallest absolute Gasteiger partial charge is 0.267 e. The molecule has 2 saturated carbocycles. The van der Waals surface area contributed by atoms with Crippen LogP contribution in [0.4, 0.5) is 5.13 Å². The number of thiophene rings is 1. The zero-order valence-electron chi connectivity index (χ0n) is 15.1. The van der Waals surface area contributed by atoms with Gasteiger partial charge < -0.3 is 11.1 Å². The Bertz CT molecular complexity index is 793. The van der Waals surface area contributed by atoms with Crippen LogP contribution in [0, 0.1) is 13.8 Å². The van der Waals surface area contributed by atoms with Crippen molar-refractivity contribution < 1.29 is 4.79 Å². The third-order valence-corrected chi connectivity index (χ3v) is 7.16. The zero-order valence-corrected chi connectivity index (χ0v) is 16.8. The van der Waals surface area contributed by atoms with Crippen LogP contribution in [0.15, 0.2) is 6.07 Å². The lowest BCUT2D eigenvalue weighted by molar-refractivity contribution is 0.103. The average Bonchev–Trinajstić information content (AvgIpc) is 3.05. The number of nitrogens with one attached hydrogen (secondary N) is 2. The molecule has 2 heterocycles. The summed E-state index contributed by atoms with van der Waals surface area (Å²) in [6.07, 6.45) is 5.78. The van der Waals surface area contributed by atoms with E-state index in [-0.39, 0.29) is 5.91 Å². The van der Waals surface area contributed by atoms with Crippen molar-refractivity contribution >= 4 is 33.7 Å². The first kappa shape index (κ1) is 18.0. The van der Waals surface area contributed by atoms with E-state index in [0.29, 0.717) is 29.2 Å². The average molecular weight is 392 g/mol. The van der Waals surface area contributed by atoms with Crippen molar-refractivity contribution in [3.05, 3.63) is 26.4 Å². The molecule has 0 saturated heterocycles. The molecule has 2 aliphatic carbocycles. The minimum absolute atomic E-state index is 0.0908. The summed E-state index contributed by atoms with van der Waals surface area (Å²) in [4.78, 5) is 14.5. The van der Waals surface area contributed by atoms with Gasteiger partial charge >= 0.3 is 0 Å². The summed E-state index contributed by atoms with van der Waals surface area (Å²) in [5.74, 6) is 0.444. The van der Waals surface area contributed by atoms with E-state index in [0.717, 1.165) is 29.1 Å². The molecular formula is C18H25N5OS2. The van der Waals surface area contributed by atoms with Crippen LogP contribution < -0.4 is 16.4 Å². The fraction of sp³-hybridized carbons (Fsp3) is 0.611. The summed E-state index contributed by atoms with van der Waals surface area (Å²) in [7, 11) is 0. The lowest BCUT2D eigenvalue weighted by Crippen LogP contribution is -2.38. The van der Waals surface area contributed by atoms with Crippen LogP contribution in [0.3, 0.4) is 0 Å². The number of aryl methyl sites for hydroxylation is 2. The number of nitrogens with zero attached hydrogens (tertiary/aromatic N) is 2. The maximum absolute atomic E-state index is 12.5. The molecule has 6 nitrogen and oxygen atoms in total. The van der Waals surface area contributed by atoms with Gasteiger partial charge in [0, 0.05) is 28.9 Å². The molecule has 2 aromatic rings. The lowest BCUT2D eigenvalue weighted by Gasteiger charge is -2.27. The number of rotatable bonds is 5. The normalized spacial score (nSPS) is 28.1. The van der Waals surface area contributed by atoms with E-state index in [4.69, 9.17) is 5.73 Å². The van der Waals surface area contributed by atoms with Crippen LogP contribution >= 0.6 is 22.7 Å². The molecule has 2 atom stereocenters. The minimum Gasteiger partial charge on any atom is -0.328 e. The highest BCUT2D eigenvalue weighted by atomic mass is 32.1. The summed E-state index contributed by atoms with van der Waals surface area (Å²) in [6.45, 7) is 3.99. The highest BCUT2D eigenvalue weighted by Gasteiger charge is 2.41. The highest BCUT2D eigenvalue weighted by molar-refractivity contribution is 7.16. The summed E-state index contributed by atoms with van der Waals surface area (Å²) >= 11 is 2.96. The van der Waals surface area contributed by atoms with Gasteiger partial charge in [0.15, 0.2) is 0 Å². The van der Waals surface area contributed by atoms with Crippen molar-refractivity contribution in [2.45, 2.75) is 70.0 Å². The van der Waals surface area contributed by atoms with Crippen molar-refractivity contribution in [3.63, 3.8) is 0 Å². The van der Waals surface area contributed by atoms with Gasteiger partial charge in [-0.15, -0.1) is 21.5 Å². The Morgan fingerprint density at radius 2 is 1.96 bits per heavy atom. The van der Waals surface area contributed by atoms with E-state index >= 15 is 0 Å². The number of hydrogen-bond donors (Lipinski definition) is 3. The number of hydrogen-bond acceptors (Lipinski definition) is 7. The fourth-order valence-corrected chi connectivity index (χ4v) is 5.37. The molecule has 2 aliphatic rings. The van der Waals surface area contributed by atoms with Crippen molar-refractivity contribution in [2.24, 2.45) is 5.73 Å². The third kappa shape index (κ3) is 3.98. The molecule has 8 heteroatoms. The number of carbonyl (C=O) groups is 1. The van der Waals surface area contributed by atoms with Crippen LogP contribution in [0.2, 0.25) is 0 Å². The first-order valence-corrected chi connectivity index (χ1v) is 10.9. The number of aromatic nitrogens is 2. The molecule has 0 aromatic carbocycles. The molecule has 2 unspecified atom stereocenters. The summed E-state index contributed by atoms with van der Waals surface area (Å²) in [6, 6.07) is 3.60. The van der Waals surface area contributed by atoms with Gasteiger partial charge in [-0.1, -0.05) is 11.3 Å². The Hall–Kier alpha value is -1.35. The van der Waals surface area contributed by atoms with E-state index in [1.165, 1.54) is 34.6 Å². The van der Waals surface area contributed by atoms with E-state index in [1.807, 2.05) is 6.92 Å². The molecule has 4 N–H and O–H groups in total. The van der Waals surface area contributed by atoms with Gasteiger partial charge in [-0.2, -0.15) is 0 Å². The van der Waals surface area contributed by atoms with Crippen LogP contribution in [-0.2, 0) is 0 Å². The Labute approximate surface area is 161 Å². The van der Waals surface area contributed by atoms with Gasteiger partial charge in [-0.05, 0) is 57.6 Å². The minimum atomic E-state index is -0.0908. The second kappa shape index (κ2) is 7.34. The van der Waals surface area contributed by atoms with E-state index < -0.39 is 0 Å². The van der Waals surface area contributed by atoms with Crippen molar-refractivity contribution in [2.75, 3.05) is 5.32 Å². The number of amides is 1. The Kier molecular flexibility index (Phi) is 5.09. The zero-order chi connectivity index (χ0) is 18.3. The molecule has 1 amide bonds. The second-order valence-electron chi connectivity index (χ2n) is 7.43. The van der Waals surface area contributed by atoms with Gasteiger partial charge in [0.05, 0.1) is 4.88 Å². The summed E-state index contributed by atoms with van der Waals surface area (Å²) < 4.78 is 0. The first-order valence-electron chi connectivity index (χ1n) is 9.23. The number of carbonyl (C=O) groups excluding carboxylic acids is 1. The lowest BCUT2D eigenvalue weighted by atomic mass is 9.92. The first-order chi connectivity index (χ1) is 12.5. The van der Waals surface area contributed by atoms with Crippen LogP contribution in [0.5, 0.6) is 0 Å². The topological polar surface area (TPSA) is 92.9 Å². The van der Waals surface area contributed by atoms with Crippen molar-refractivity contribution in [3.8, 4) is 0 Å². The molecule has 0 bridgehead atoms. The number of anilines is 1. The fourth-order valence-electron chi connectivity index (χ4n) is 3.79. The Morgan fingerprint density at radius 3 is 2.65 bits per heavy atom. The predicted octanol–water partition coefficient (Wildman–Crippen LogP) is 3.18. The van der Waals surface area contributed by atoms with Gasteiger partial charge in [-0.3, -0.25) is 10.1 Å². The largest absolute Gasteiger partial charge is 0.328 e. The van der Waals surface area contributed by atoms with Crippen LogP contribution in [0.25, 0.3) is 0 Å². The summed E-state index contributed by atoms with van der Waals surface area (Å²) in [5.41, 5.74) is 7.32. The predicted molar refractivity (Wildman–Crippen MR) is 106 cm³/mol. The highest BCUT2D eigenvalue weighted by Crippen LogP contribution is 2.45. The monoisotopic (exact) mass is 391 g/mol.